The van der Waals surface area contributed by atoms with Gasteiger partial charge in [-0.05, 0) is 63.6 Å². The van der Waals surface area contributed by atoms with E-state index in [-0.39, 0.29) is 28.4 Å². The fraction of sp³-hybridized carbons (Fsp3) is 0.481. The number of carbonyl (C=O) groups excluding carboxylic acids is 2. The number of sulfonamides is 1. The van der Waals surface area contributed by atoms with Gasteiger partial charge >= 0.3 is 0 Å². The maximum absolute atomic E-state index is 13.3. The van der Waals surface area contributed by atoms with Crippen molar-refractivity contribution in [1.29, 1.82) is 0 Å². The van der Waals surface area contributed by atoms with E-state index in [0.717, 1.165) is 22.3 Å². The normalized spacial score (nSPS) is 16.0. The van der Waals surface area contributed by atoms with Crippen molar-refractivity contribution in [2.45, 2.75) is 64.8 Å². The van der Waals surface area contributed by atoms with Crippen LogP contribution in [-0.2, 0) is 14.8 Å². The lowest BCUT2D eigenvalue weighted by Gasteiger charge is -2.34. The molecule has 1 heterocycles. The summed E-state index contributed by atoms with van der Waals surface area (Å²) in [5.41, 5.74) is 3.82. The number of rotatable bonds is 8. The van der Waals surface area contributed by atoms with E-state index in [1.807, 2.05) is 52.8 Å². The van der Waals surface area contributed by atoms with Gasteiger partial charge in [0.25, 0.3) is 0 Å². The van der Waals surface area contributed by atoms with E-state index in [2.05, 4.69) is 4.72 Å². The van der Waals surface area contributed by atoms with Gasteiger partial charge in [0.15, 0.2) is 5.78 Å². The lowest BCUT2D eigenvalue weighted by molar-refractivity contribution is -0.134. The quantitative estimate of drug-likeness (QED) is 0.562. The molecule has 1 aliphatic heterocycles. The van der Waals surface area contributed by atoms with E-state index in [1.165, 1.54) is 0 Å². The van der Waals surface area contributed by atoms with Crippen LogP contribution in [0.25, 0.3) is 0 Å². The number of ketones is 1. The minimum Gasteiger partial charge on any atom is -0.341 e. The number of aryl methyl sites for hydroxylation is 3. The Hall–Kier alpha value is -2.51. The van der Waals surface area contributed by atoms with E-state index >= 15 is 0 Å². The van der Waals surface area contributed by atoms with E-state index < -0.39 is 16.1 Å². The van der Waals surface area contributed by atoms with Gasteiger partial charge in [-0.1, -0.05) is 55.3 Å². The molecule has 2 aromatic rings. The van der Waals surface area contributed by atoms with Gasteiger partial charge in [0.2, 0.25) is 15.9 Å². The lowest BCUT2D eigenvalue weighted by Crippen LogP contribution is -2.51. The van der Waals surface area contributed by atoms with E-state index in [0.29, 0.717) is 32.4 Å². The molecule has 1 unspecified atom stereocenters. The molecule has 184 valence electrons. The Kier molecular flexibility index (Phi) is 8.31. The Morgan fingerprint density at radius 3 is 2.12 bits per heavy atom. The smallest absolute Gasteiger partial charge is 0.241 e. The van der Waals surface area contributed by atoms with Crippen molar-refractivity contribution in [3.8, 4) is 0 Å². The zero-order valence-corrected chi connectivity index (χ0v) is 21.6. The average molecular weight is 485 g/mol. The lowest BCUT2D eigenvalue weighted by atomic mass is 9.86. The van der Waals surface area contributed by atoms with Crippen molar-refractivity contribution in [2.75, 3.05) is 13.1 Å². The fourth-order valence-corrected chi connectivity index (χ4v) is 5.74. The maximum Gasteiger partial charge on any atom is 0.241 e. The second-order valence-corrected chi connectivity index (χ2v) is 11.6. The summed E-state index contributed by atoms with van der Waals surface area (Å²) < 4.78 is 28.5. The summed E-state index contributed by atoms with van der Waals surface area (Å²) in [5.74, 6) is -0.0817. The van der Waals surface area contributed by atoms with E-state index in [4.69, 9.17) is 0 Å². The third-order valence-corrected chi connectivity index (χ3v) is 7.95. The summed E-state index contributed by atoms with van der Waals surface area (Å²) in [5, 5.41) is 0. The number of hydrogen-bond donors (Lipinski definition) is 1. The number of hydrogen-bond acceptors (Lipinski definition) is 4. The van der Waals surface area contributed by atoms with E-state index in [1.54, 1.807) is 29.2 Å². The van der Waals surface area contributed by atoms with Crippen LogP contribution in [0.3, 0.4) is 0 Å². The van der Waals surface area contributed by atoms with Gasteiger partial charge in [-0.15, -0.1) is 0 Å². The number of nitrogens with one attached hydrogen (secondary N) is 1. The first-order chi connectivity index (χ1) is 16.0. The van der Waals surface area contributed by atoms with Crippen LogP contribution in [0.5, 0.6) is 0 Å². The molecule has 0 radical (unpaired) electrons. The number of Topliss-reactive ketones (excluding diaryl/α,β-unsaturated/α-hetero) is 1. The summed E-state index contributed by atoms with van der Waals surface area (Å²) in [6.45, 7) is 10.7. The minimum absolute atomic E-state index is 0.127. The number of piperidine rings is 1. The van der Waals surface area contributed by atoms with Gasteiger partial charge in [-0.2, -0.15) is 4.72 Å². The number of benzene rings is 2. The Morgan fingerprint density at radius 2 is 1.56 bits per heavy atom. The molecule has 1 aliphatic rings. The standard InChI is InChI=1S/C27H36N2O4S/c1-18(2)16-25(28-34(32,33)23-9-6-19(3)7-10-23)27(31)29-14-12-22(13-15-29)26(30)24-11-8-20(4)17-21(24)5/h6-11,17-18,22,25,28H,12-16H2,1-5H3. The van der Waals surface area contributed by atoms with E-state index in [9.17, 15) is 18.0 Å². The first-order valence-corrected chi connectivity index (χ1v) is 13.5. The Balaban J connectivity index is 1.68. The molecule has 7 heteroatoms. The van der Waals surface area contributed by atoms with Gasteiger partial charge in [-0.25, -0.2) is 8.42 Å². The van der Waals surface area contributed by atoms with Gasteiger partial charge in [0.1, 0.15) is 6.04 Å². The van der Waals surface area contributed by atoms with Gasteiger partial charge in [-0.3, -0.25) is 9.59 Å². The predicted molar refractivity (Wildman–Crippen MR) is 134 cm³/mol. The van der Waals surface area contributed by atoms with Gasteiger partial charge in [0, 0.05) is 24.6 Å². The Bertz CT molecular complexity index is 1130. The van der Waals surface area contributed by atoms with Crippen LogP contribution in [0.2, 0.25) is 0 Å². The zero-order valence-electron chi connectivity index (χ0n) is 20.8. The molecule has 1 saturated heterocycles. The molecule has 1 atom stereocenters. The van der Waals surface area contributed by atoms with Crippen molar-refractivity contribution in [2.24, 2.45) is 11.8 Å². The monoisotopic (exact) mass is 484 g/mol. The highest BCUT2D eigenvalue weighted by atomic mass is 32.2. The molecule has 3 rings (SSSR count). The first-order valence-electron chi connectivity index (χ1n) is 12.0. The maximum atomic E-state index is 13.3. The molecule has 0 spiro atoms. The third kappa shape index (κ3) is 6.33. The second kappa shape index (κ2) is 10.8. The average Bonchev–Trinajstić information content (AvgIpc) is 2.77. The van der Waals surface area contributed by atoms with Crippen LogP contribution in [0.4, 0.5) is 0 Å². The summed E-state index contributed by atoms with van der Waals surface area (Å²) in [6, 6.07) is 11.6. The van der Waals surface area contributed by atoms with Crippen LogP contribution in [0.1, 0.15) is 60.2 Å². The highest BCUT2D eigenvalue weighted by molar-refractivity contribution is 7.89. The second-order valence-electron chi connectivity index (χ2n) is 9.90. The zero-order chi connectivity index (χ0) is 25.0. The number of likely N-dealkylation sites (tertiary alicyclic amines) is 1. The van der Waals surface area contributed by atoms with Crippen molar-refractivity contribution >= 4 is 21.7 Å². The molecule has 0 bridgehead atoms. The Labute approximate surface area is 203 Å². The molecule has 0 aliphatic carbocycles. The molecule has 6 nitrogen and oxygen atoms in total. The number of carbonyl (C=O) groups is 2. The molecular weight excluding hydrogens is 448 g/mol. The minimum atomic E-state index is -3.83. The van der Waals surface area contributed by atoms with Crippen molar-refractivity contribution in [3.63, 3.8) is 0 Å². The van der Waals surface area contributed by atoms with Crippen LogP contribution < -0.4 is 4.72 Å². The molecule has 34 heavy (non-hydrogen) atoms. The topological polar surface area (TPSA) is 83.6 Å². The van der Waals surface area contributed by atoms with Crippen LogP contribution in [-0.4, -0.2) is 44.1 Å². The third-order valence-electron chi connectivity index (χ3n) is 6.46. The molecule has 0 saturated carbocycles. The van der Waals surface area contributed by atoms with Crippen LogP contribution in [0, 0.1) is 32.6 Å². The van der Waals surface area contributed by atoms with Crippen LogP contribution >= 0.6 is 0 Å². The van der Waals surface area contributed by atoms with Crippen molar-refractivity contribution in [1.82, 2.24) is 9.62 Å². The summed E-state index contributed by atoms with van der Waals surface area (Å²) in [6.07, 6.45) is 1.57. The van der Waals surface area contributed by atoms with Crippen molar-refractivity contribution < 1.29 is 18.0 Å². The summed E-state index contributed by atoms with van der Waals surface area (Å²) in [7, 11) is -3.83. The number of nitrogens with zero attached hydrogens (tertiary/aromatic N) is 1. The molecule has 1 N–H and O–H groups in total. The molecule has 1 amide bonds. The predicted octanol–water partition coefficient (Wildman–Crippen LogP) is 4.43. The molecule has 1 fully saturated rings. The highest BCUT2D eigenvalue weighted by Gasteiger charge is 2.34. The van der Waals surface area contributed by atoms with Crippen LogP contribution in [0.15, 0.2) is 47.4 Å². The SMILES string of the molecule is Cc1ccc(S(=O)(=O)NC(CC(C)C)C(=O)N2CCC(C(=O)c3ccc(C)cc3C)CC2)cc1. The summed E-state index contributed by atoms with van der Waals surface area (Å²) in [4.78, 5) is 28.3. The highest BCUT2D eigenvalue weighted by Crippen LogP contribution is 2.25. The molecule has 2 aromatic carbocycles. The Morgan fingerprint density at radius 1 is 0.971 bits per heavy atom. The van der Waals surface area contributed by atoms with Crippen molar-refractivity contribution in [3.05, 3.63) is 64.7 Å². The summed E-state index contributed by atoms with van der Waals surface area (Å²) >= 11 is 0. The largest absolute Gasteiger partial charge is 0.341 e. The van der Waals surface area contributed by atoms with Gasteiger partial charge < -0.3 is 4.90 Å². The molecular formula is C27H36N2O4S. The van der Waals surface area contributed by atoms with Gasteiger partial charge in [0.05, 0.1) is 4.90 Å². The number of amides is 1. The fourth-order valence-electron chi connectivity index (χ4n) is 4.54. The first kappa shape index (κ1) is 26.1. The molecule has 0 aromatic heterocycles.